The summed E-state index contributed by atoms with van der Waals surface area (Å²) in [6.45, 7) is 0. The van der Waals surface area contributed by atoms with Gasteiger partial charge in [0.2, 0.25) is 0 Å². The summed E-state index contributed by atoms with van der Waals surface area (Å²) in [5.41, 5.74) is 0.500. The van der Waals surface area contributed by atoms with Gasteiger partial charge in [0, 0.05) is 29.4 Å². The predicted octanol–water partition coefficient (Wildman–Crippen LogP) is 4.03. The minimum Gasteiger partial charge on any atom is -0.329 e. The van der Waals surface area contributed by atoms with Crippen molar-refractivity contribution in [3.63, 3.8) is 0 Å². The molecule has 1 N–H and O–H groups in total. The van der Waals surface area contributed by atoms with E-state index in [1.165, 1.54) is 23.9 Å². The lowest BCUT2D eigenvalue weighted by Gasteiger charge is -2.12. The lowest BCUT2D eigenvalue weighted by Crippen LogP contribution is -2.13. The second-order valence-electron chi connectivity index (χ2n) is 4.98. The lowest BCUT2D eigenvalue weighted by atomic mass is 10.3. The standard InChI is InChI=1S/C16H14ClN3O2S2/c1-20-11-10-18-16(20)23-15-5-3-2-4-14(15)19-24(21,22)13-8-6-12(17)7-9-13/h2-11,19H,1H3. The maximum atomic E-state index is 12.6. The Labute approximate surface area is 149 Å². The summed E-state index contributed by atoms with van der Waals surface area (Å²) in [4.78, 5) is 5.17. The van der Waals surface area contributed by atoms with Gasteiger partial charge in [-0.05, 0) is 48.2 Å². The van der Waals surface area contributed by atoms with Crippen molar-refractivity contribution in [1.82, 2.24) is 9.55 Å². The van der Waals surface area contributed by atoms with E-state index < -0.39 is 10.0 Å². The first-order chi connectivity index (χ1) is 11.5. The van der Waals surface area contributed by atoms with Crippen LogP contribution in [0.3, 0.4) is 0 Å². The number of benzene rings is 2. The molecule has 0 amide bonds. The molecule has 0 spiro atoms. The molecule has 0 unspecified atom stereocenters. The van der Waals surface area contributed by atoms with Crippen LogP contribution >= 0.6 is 23.4 Å². The molecule has 0 saturated carbocycles. The van der Waals surface area contributed by atoms with Crippen molar-refractivity contribution in [2.75, 3.05) is 4.72 Å². The van der Waals surface area contributed by atoms with E-state index in [0.29, 0.717) is 10.7 Å². The Morgan fingerprint density at radius 3 is 2.50 bits per heavy atom. The number of para-hydroxylation sites is 1. The molecule has 8 heteroatoms. The topological polar surface area (TPSA) is 64.0 Å². The highest BCUT2D eigenvalue weighted by Crippen LogP contribution is 2.33. The molecule has 5 nitrogen and oxygen atoms in total. The first-order valence-corrected chi connectivity index (χ1v) is 9.66. The van der Waals surface area contributed by atoms with Crippen LogP contribution in [0, 0.1) is 0 Å². The maximum absolute atomic E-state index is 12.6. The van der Waals surface area contributed by atoms with E-state index in [9.17, 15) is 8.42 Å². The van der Waals surface area contributed by atoms with Crippen LogP contribution in [0.25, 0.3) is 0 Å². The van der Waals surface area contributed by atoms with E-state index in [2.05, 4.69) is 9.71 Å². The van der Waals surface area contributed by atoms with Gasteiger partial charge >= 0.3 is 0 Å². The number of anilines is 1. The zero-order valence-electron chi connectivity index (χ0n) is 12.7. The Balaban J connectivity index is 1.90. The third-order valence-corrected chi connectivity index (χ3v) is 6.02. The molecule has 124 valence electrons. The number of imidazole rings is 1. The number of nitrogens with one attached hydrogen (secondary N) is 1. The summed E-state index contributed by atoms with van der Waals surface area (Å²) in [6.07, 6.45) is 3.53. The summed E-state index contributed by atoms with van der Waals surface area (Å²) in [7, 11) is -1.81. The van der Waals surface area contributed by atoms with Crippen LogP contribution in [0.1, 0.15) is 0 Å². The Hall–Kier alpha value is -1.96. The number of hydrogen-bond acceptors (Lipinski definition) is 4. The van der Waals surface area contributed by atoms with Crippen molar-refractivity contribution >= 4 is 39.1 Å². The van der Waals surface area contributed by atoms with Gasteiger partial charge in [0.05, 0.1) is 10.6 Å². The van der Waals surface area contributed by atoms with Crippen LogP contribution in [-0.2, 0) is 17.1 Å². The quantitative estimate of drug-likeness (QED) is 0.727. The largest absolute Gasteiger partial charge is 0.329 e. The highest BCUT2D eigenvalue weighted by Gasteiger charge is 2.16. The average Bonchev–Trinajstić information content (AvgIpc) is 2.94. The van der Waals surface area contributed by atoms with Crippen LogP contribution in [0.5, 0.6) is 0 Å². The molecule has 0 aliphatic rings. The fourth-order valence-electron chi connectivity index (χ4n) is 2.01. The SMILES string of the molecule is Cn1ccnc1Sc1ccccc1NS(=O)(=O)c1ccc(Cl)cc1. The number of sulfonamides is 1. The molecule has 0 aliphatic heterocycles. The van der Waals surface area contributed by atoms with Gasteiger partial charge in [-0.15, -0.1) is 0 Å². The van der Waals surface area contributed by atoms with Crippen LogP contribution in [0.4, 0.5) is 5.69 Å². The highest BCUT2D eigenvalue weighted by molar-refractivity contribution is 7.99. The van der Waals surface area contributed by atoms with Gasteiger partial charge in [-0.3, -0.25) is 4.72 Å². The smallest absolute Gasteiger partial charge is 0.261 e. The number of aryl methyl sites for hydroxylation is 1. The minimum absolute atomic E-state index is 0.156. The second kappa shape index (κ2) is 6.88. The third-order valence-electron chi connectivity index (χ3n) is 3.23. The molecule has 2 aromatic carbocycles. The van der Waals surface area contributed by atoms with Crippen molar-refractivity contribution < 1.29 is 8.42 Å². The van der Waals surface area contributed by atoms with Crippen LogP contribution in [0.15, 0.2) is 75.9 Å². The second-order valence-corrected chi connectivity index (χ2v) is 8.11. The van der Waals surface area contributed by atoms with Crippen molar-refractivity contribution in [2.45, 2.75) is 14.9 Å². The fraction of sp³-hybridized carbons (Fsp3) is 0.0625. The molecule has 0 fully saturated rings. The van der Waals surface area contributed by atoms with E-state index in [1.807, 2.05) is 29.9 Å². The van der Waals surface area contributed by atoms with E-state index in [4.69, 9.17) is 11.6 Å². The predicted molar refractivity (Wildman–Crippen MR) is 96.0 cm³/mol. The van der Waals surface area contributed by atoms with Crippen molar-refractivity contribution in [1.29, 1.82) is 0 Å². The number of nitrogens with zero attached hydrogens (tertiary/aromatic N) is 2. The number of aromatic nitrogens is 2. The monoisotopic (exact) mass is 379 g/mol. The van der Waals surface area contributed by atoms with Crippen molar-refractivity contribution in [2.24, 2.45) is 7.05 Å². The zero-order valence-corrected chi connectivity index (χ0v) is 15.1. The van der Waals surface area contributed by atoms with Gasteiger partial charge < -0.3 is 4.57 Å². The molecule has 0 saturated heterocycles. The van der Waals surface area contributed by atoms with Crippen LogP contribution in [0.2, 0.25) is 5.02 Å². The first kappa shape index (κ1) is 16.9. The first-order valence-electron chi connectivity index (χ1n) is 6.98. The molecule has 1 aromatic heterocycles. The summed E-state index contributed by atoms with van der Waals surface area (Å²) in [5.74, 6) is 0. The molecule has 3 rings (SSSR count). The fourth-order valence-corrected chi connectivity index (χ4v) is 4.17. The van der Waals surface area contributed by atoms with Crippen molar-refractivity contribution in [3.05, 3.63) is 65.9 Å². The summed E-state index contributed by atoms with van der Waals surface area (Å²) in [6, 6.07) is 13.2. The average molecular weight is 380 g/mol. The van der Waals surface area contributed by atoms with E-state index in [1.54, 1.807) is 30.5 Å². The molecule has 0 atom stereocenters. The van der Waals surface area contributed by atoms with Crippen LogP contribution < -0.4 is 4.72 Å². The Morgan fingerprint density at radius 1 is 1.12 bits per heavy atom. The normalized spacial score (nSPS) is 11.4. The maximum Gasteiger partial charge on any atom is 0.261 e. The Bertz CT molecular complexity index is 953. The van der Waals surface area contributed by atoms with E-state index in [0.717, 1.165) is 10.1 Å². The van der Waals surface area contributed by atoms with Gasteiger partial charge in [0.25, 0.3) is 10.0 Å². The van der Waals surface area contributed by atoms with Gasteiger partial charge in [0.1, 0.15) is 0 Å². The molecule has 0 aliphatic carbocycles. The van der Waals surface area contributed by atoms with Crippen LogP contribution in [-0.4, -0.2) is 18.0 Å². The molecule has 0 radical (unpaired) electrons. The van der Waals surface area contributed by atoms with Gasteiger partial charge in [-0.2, -0.15) is 0 Å². The third kappa shape index (κ3) is 3.75. The molecule has 0 bridgehead atoms. The molecule has 3 aromatic rings. The molecule has 24 heavy (non-hydrogen) atoms. The Kier molecular flexibility index (Phi) is 4.84. The van der Waals surface area contributed by atoms with E-state index >= 15 is 0 Å². The molecular formula is C16H14ClN3O2S2. The van der Waals surface area contributed by atoms with Crippen molar-refractivity contribution in [3.8, 4) is 0 Å². The van der Waals surface area contributed by atoms with E-state index in [-0.39, 0.29) is 4.90 Å². The number of hydrogen-bond donors (Lipinski definition) is 1. The molecular weight excluding hydrogens is 366 g/mol. The summed E-state index contributed by atoms with van der Waals surface area (Å²) >= 11 is 7.20. The zero-order chi connectivity index (χ0) is 17.2. The number of rotatable bonds is 5. The summed E-state index contributed by atoms with van der Waals surface area (Å²) in [5, 5.41) is 1.26. The van der Waals surface area contributed by atoms with Gasteiger partial charge in [0.15, 0.2) is 5.16 Å². The Morgan fingerprint density at radius 2 is 1.83 bits per heavy atom. The van der Waals surface area contributed by atoms with Gasteiger partial charge in [-0.25, -0.2) is 13.4 Å². The highest BCUT2D eigenvalue weighted by atomic mass is 35.5. The number of halogens is 1. The minimum atomic E-state index is -3.69. The lowest BCUT2D eigenvalue weighted by molar-refractivity contribution is 0.601. The molecule has 1 heterocycles. The summed E-state index contributed by atoms with van der Waals surface area (Å²) < 4.78 is 29.6. The van der Waals surface area contributed by atoms with Gasteiger partial charge in [-0.1, -0.05) is 23.7 Å².